The van der Waals surface area contributed by atoms with Crippen LogP contribution in [0.5, 0.6) is 0 Å². The van der Waals surface area contributed by atoms with Crippen LogP contribution < -0.4 is 48.0 Å². The zero-order valence-electron chi connectivity index (χ0n) is 13.7. The molecule has 0 bridgehead atoms. The normalized spacial score (nSPS) is 22.8. The Hall–Kier alpha value is 1.30. The molecular formula is C19H26I2Zr. The van der Waals surface area contributed by atoms with Crippen molar-refractivity contribution in [3.63, 3.8) is 0 Å². The van der Waals surface area contributed by atoms with Crippen LogP contribution in [0.15, 0.2) is 43.8 Å². The minimum absolute atomic E-state index is 0. The number of halogens is 2. The number of hydrogen-bond acceptors (Lipinski definition) is 0. The van der Waals surface area contributed by atoms with E-state index in [0.29, 0.717) is 0 Å². The number of hydrogen-bond donors (Lipinski definition) is 0. The minimum Gasteiger partial charge on any atom is -1.00 e. The minimum atomic E-state index is -0.478. The molecule has 0 saturated carbocycles. The molecule has 0 fully saturated rings. The average Bonchev–Trinajstić information content (AvgIpc) is 3.03. The zero-order chi connectivity index (χ0) is 13.9. The first kappa shape index (κ1) is 21.3. The van der Waals surface area contributed by atoms with Crippen molar-refractivity contribution in [1.82, 2.24) is 0 Å². The van der Waals surface area contributed by atoms with E-state index in [2.05, 4.69) is 32.1 Å². The molecule has 0 aromatic heterocycles. The SMILES string of the molecule is CCCCC1=CCC(C)=[C]1[Zr+2][CH]1C=CC2=C1CCCC2.[I-].[I-]. The molecule has 3 heteroatoms. The smallest absolute Gasteiger partial charge is 1.00 e. The van der Waals surface area contributed by atoms with E-state index in [9.17, 15) is 0 Å². The molecular weight excluding hydrogens is 573 g/mol. The molecule has 0 radical (unpaired) electrons. The summed E-state index contributed by atoms with van der Waals surface area (Å²) in [7, 11) is 0. The van der Waals surface area contributed by atoms with E-state index in [-0.39, 0.29) is 48.0 Å². The molecule has 0 nitrogen and oxygen atoms in total. The number of unbranched alkanes of at least 4 members (excludes halogenated alkanes) is 1. The Balaban J connectivity index is 0.00000121. The van der Waals surface area contributed by atoms with E-state index in [1.165, 1.54) is 51.4 Å². The first-order chi connectivity index (χ1) is 9.79. The summed E-state index contributed by atoms with van der Waals surface area (Å²) in [5.74, 6) is 0. The molecule has 3 rings (SSSR count). The summed E-state index contributed by atoms with van der Waals surface area (Å²) in [6.07, 6.45) is 18.5. The van der Waals surface area contributed by atoms with Gasteiger partial charge in [0.1, 0.15) is 0 Å². The van der Waals surface area contributed by atoms with E-state index in [1.54, 1.807) is 16.7 Å². The average molecular weight is 599 g/mol. The van der Waals surface area contributed by atoms with Crippen LogP contribution in [-0.2, 0) is 23.2 Å². The monoisotopic (exact) mass is 598 g/mol. The van der Waals surface area contributed by atoms with Crippen molar-refractivity contribution in [3.8, 4) is 0 Å². The van der Waals surface area contributed by atoms with Gasteiger partial charge < -0.3 is 48.0 Å². The summed E-state index contributed by atoms with van der Waals surface area (Å²) in [6.45, 7) is 4.70. The van der Waals surface area contributed by atoms with Gasteiger partial charge in [-0.25, -0.2) is 0 Å². The standard InChI is InChI=1S/C10H15.C9H11.2HI.Zr/c1-3-4-5-10-7-6-9(2)8-10;1-2-5-9-7-3-6-8(9)4-1;;;/h7H,3-6H2,1-2H3;3,6-7H,1-2,4-5H2;2*1H;/q;;;;+2/p-2. The van der Waals surface area contributed by atoms with E-state index in [0.717, 1.165) is 3.63 Å². The molecule has 120 valence electrons. The van der Waals surface area contributed by atoms with E-state index < -0.39 is 23.2 Å². The van der Waals surface area contributed by atoms with Gasteiger partial charge in [-0.2, -0.15) is 0 Å². The maximum atomic E-state index is 2.57. The van der Waals surface area contributed by atoms with Gasteiger partial charge in [-0.15, -0.1) is 0 Å². The summed E-state index contributed by atoms with van der Waals surface area (Å²) in [5.41, 5.74) is 7.03. The second kappa shape index (κ2) is 10.3. The molecule has 22 heavy (non-hydrogen) atoms. The van der Waals surface area contributed by atoms with Gasteiger partial charge in [0.15, 0.2) is 0 Å². The molecule has 3 aliphatic rings. The summed E-state index contributed by atoms with van der Waals surface area (Å²) in [5, 5.41) is 0. The molecule has 0 saturated heterocycles. The largest absolute Gasteiger partial charge is 1.00 e. The maximum absolute atomic E-state index is 2.57. The van der Waals surface area contributed by atoms with Gasteiger partial charge in [0.2, 0.25) is 0 Å². The molecule has 0 aromatic rings. The second-order valence-electron chi connectivity index (χ2n) is 6.43. The fraction of sp³-hybridized carbons (Fsp3) is 0.579. The predicted octanol–water partition coefficient (Wildman–Crippen LogP) is 0.100. The molecule has 0 amide bonds. The first-order valence-corrected chi connectivity index (χ1v) is 11.0. The van der Waals surface area contributed by atoms with Crippen LogP contribution in [0.1, 0.15) is 65.2 Å². The van der Waals surface area contributed by atoms with Crippen molar-refractivity contribution in [1.29, 1.82) is 0 Å². The van der Waals surface area contributed by atoms with Gasteiger partial charge >= 0.3 is 136 Å². The number of rotatable bonds is 5. The van der Waals surface area contributed by atoms with Gasteiger partial charge in [0.25, 0.3) is 0 Å². The van der Waals surface area contributed by atoms with Gasteiger partial charge in [0.05, 0.1) is 0 Å². The van der Waals surface area contributed by atoms with Gasteiger partial charge in [-0.05, 0) is 0 Å². The Bertz CT molecular complexity index is 512. The number of allylic oxidation sites excluding steroid dienone is 8. The van der Waals surface area contributed by atoms with Gasteiger partial charge in [-0.1, -0.05) is 0 Å². The van der Waals surface area contributed by atoms with Gasteiger partial charge in [0, 0.05) is 0 Å². The van der Waals surface area contributed by atoms with Crippen LogP contribution in [-0.4, -0.2) is 0 Å². The summed E-state index contributed by atoms with van der Waals surface area (Å²) >= 11 is -0.478. The van der Waals surface area contributed by atoms with Crippen LogP contribution in [0, 0.1) is 0 Å². The molecule has 3 aliphatic carbocycles. The summed E-state index contributed by atoms with van der Waals surface area (Å²) in [6, 6.07) is 0. The molecule has 0 N–H and O–H groups in total. The molecule has 0 aliphatic heterocycles. The van der Waals surface area contributed by atoms with E-state index in [4.69, 9.17) is 0 Å². The molecule has 0 heterocycles. The Morgan fingerprint density at radius 2 is 1.95 bits per heavy atom. The Labute approximate surface area is 182 Å². The second-order valence-corrected chi connectivity index (χ2v) is 9.90. The van der Waals surface area contributed by atoms with Crippen LogP contribution in [0.2, 0.25) is 3.63 Å². The topological polar surface area (TPSA) is 0 Å². The third-order valence-electron chi connectivity index (χ3n) is 4.92. The maximum Gasteiger partial charge on any atom is -1.00 e. The Morgan fingerprint density at radius 3 is 2.73 bits per heavy atom. The fourth-order valence-electron chi connectivity index (χ4n) is 3.68. The molecule has 1 unspecified atom stereocenters. The third kappa shape index (κ3) is 4.91. The third-order valence-corrected chi connectivity index (χ3v) is 9.56. The molecule has 0 aromatic carbocycles. The summed E-state index contributed by atoms with van der Waals surface area (Å²) < 4.78 is 2.76. The van der Waals surface area contributed by atoms with Crippen molar-refractivity contribution in [2.45, 2.75) is 68.8 Å². The predicted molar refractivity (Wildman–Crippen MR) is 83.3 cm³/mol. The van der Waals surface area contributed by atoms with E-state index >= 15 is 0 Å². The summed E-state index contributed by atoms with van der Waals surface area (Å²) in [4.78, 5) is 0. The van der Waals surface area contributed by atoms with E-state index in [1.807, 2.05) is 8.85 Å². The van der Waals surface area contributed by atoms with Crippen LogP contribution >= 0.6 is 0 Å². The van der Waals surface area contributed by atoms with Crippen molar-refractivity contribution in [2.24, 2.45) is 0 Å². The molecule has 0 spiro atoms. The van der Waals surface area contributed by atoms with Crippen LogP contribution in [0.25, 0.3) is 0 Å². The quantitative estimate of drug-likeness (QED) is 0.394. The first-order valence-electron chi connectivity index (χ1n) is 8.35. The van der Waals surface area contributed by atoms with Crippen molar-refractivity contribution in [2.75, 3.05) is 0 Å². The zero-order valence-corrected chi connectivity index (χ0v) is 20.5. The van der Waals surface area contributed by atoms with Crippen molar-refractivity contribution in [3.05, 3.63) is 43.8 Å². The van der Waals surface area contributed by atoms with Crippen LogP contribution in [0.4, 0.5) is 0 Å². The Kier molecular flexibility index (Phi) is 10.0. The molecule has 1 atom stereocenters. The van der Waals surface area contributed by atoms with Crippen LogP contribution in [0.3, 0.4) is 0 Å². The Morgan fingerprint density at radius 1 is 1.18 bits per heavy atom. The van der Waals surface area contributed by atoms with Gasteiger partial charge in [-0.3, -0.25) is 0 Å². The van der Waals surface area contributed by atoms with Crippen molar-refractivity contribution < 1.29 is 71.2 Å². The van der Waals surface area contributed by atoms with Crippen molar-refractivity contribution >= 4 is 0 Å². The fourth-order valence-corrected chi connectivity index (χ4v) is 8.03.